The molecule has 27 heavy (non-hydrogen) atoms. The van der Waals surface area contributed by atoms with Crippen LogP contribution in [-0.2, 0) is 11.0 Å². The molecule has 1 aliphatic rings. The number of hydrogen-bond acceptors (Lipinski definition) is 5. The number of nitrogens with one attached hydrogen (secondary N) is 2. The average molecular weight is 392 g/mol. The second kappa shape index (κ2) is 7.16. The van der Waals surface area contributed by atoms with E-state index in [1.165, 1.54) is 36.4 Å². The minimum absolute atomic E-state index is 0.0278. The van der Waals surface area contributed by atoms with Crippen molar-refractivity contribution in [2.75, 3.05) is 0 Å². The monoisotopic (exact) mass is 392 g/mol. The molecule has 0 spiro atoms. The fourth-order valence-corrected chi connectivity index (χ4v) is 2.42. The van der Waals surface area contributed by atoms with Crippen molar-refractivity contribution in [1.29, 1.82) is 0 Å². The number of amides is 1. The van der Waals surface area contributed by atoms with E-state index in [-0.39, 0.29) is 33.5 Å². The predicted octanol–water partition coefficient (Wildman–Crippen LogP) is 4.17. The van der Waals surface area contributed by atoms with Gasteiger partial charge in [0, 0.05) is 5.56 Å². The summed E-state index contributed by atoms with van der Waals surface area (Å²) in [6.45, 7) is 0. The van der Waals surface area contributed by atoms with Gasteiger partial charge in [0.25, 0.3) is 5.91 Å². The van der Waals surface area contributed by atoms with Gasteiger partial charge in [0.2, 0.25) is 0 Å². The lowest BCUT2D eigenvalue weighted by molar-refractivity contribution is -0.137. The number of rotatable bonds is 3. The van der Waals surface area contributed by atoms with Gasteiger partial charge in [-0.1, -0.05) is 6.07 Å². The zero-order valence-electron chi connectivity index (χ0n) is 13.4. The Hall–Kier alpha value is -3.27. The van der Waals surface area contributed by atoms with Crippen LogP contribution >= 0.6 is 12.2 Å². The SMILES string of the molecule is O=C1NC(=S)N/C1=C\c1cc(N=Nc2cccc(C(F)(F)F)c2)ccc1O. The summed E-state index contributed by atoms with van der Waals surface area (Å²) in [7, 11) is 0. The smallest absolute Gasteiger partial charge is 0.416 e. The molecular formula is C17H11F3N4O2S. The van der Waals surface area contributed by atoms with Crippen molar-refractivity contribution in [3.8, 4) is 5.75 Å². The van der Waals surface area contributed by atoms with E-state index in [0.717, 1.165) is 12.1 Å². The van der Waals surface area contributed by atoms with Gasteiger partial charge in [0.15, 0.2) is 5.11 Å². The van der Waals surface area contributed by atoms with Crippen molar-refractivity contribution < 1.29 is 23.1 Å². The van der Waals surface area contributed by atoms with Gasteiger partial charge in [-0.15, -0.1) is 0 Å². The summed E-state index contributed by atoms with van der Waals surface area (Å²) in [5.41, 5.74) is -0.123. The third-order valence-corrected chi connectivity index (χ3v) is 3.69. The van der Waals surface area contributed by atoms with Crippen LogP contribution in [0.15, 0.2) is 58.4 Å². The standard InChI is InChI=1S/C17H11F3N4O2S/c18-17(19,20)10-2-1-3-11(8-10)23-24-12-4-5-14(25)9(6-12)7-13-15(26)22-16(27)21-13/h1-8,25H,(H2,21,22,26,27)/b13-7-,24-23?. The molecule has 6 nitrogen and oxygen atoms in total. The molecule has 0 radical (unpaired) electrons. The molecule has 0 bridgehead atoms. The molecule has 1 saturated heterocycles. The summed E-state index contributed by atoms with van der Waals surface area (Å²) in [5, 5.41) is 22.8. The number of phenolic OH excluding ortho intramolecular Hbond substituents is 1. The molecule has 0 saturated carbocycles. The van der Waals surface area contributed by atoms with E-state index in [1.54, 1.807) is 0 Å². The average Bonchev–Trinajstić information content (AvgIpc) is 2.92. The van der Waals surface area contributed by atoms with Crippen molar-refractivity contribution in [1.82, 2.24) is 10.6 Å². The van der Waals surface area contributed by atoms with Gasteiger partial charge in [-0.25, -0.2) is 0 Å². The molecule has 2 aromatic rings. The minimum Gasteiger partial charge on any atom is -0.507 e. The van der Waals surface area contributed by atoms with Gasteiger partial charge in [-0.3, -0.25) is 10.1 Å². The van der Waals surface area contributed by atoms with Gasteiger partial charge >= 0.3 is 6.18 Å². The number of alkyl halides is 3. The summed E-state index contributed by atoms with van der Waals surface area (Å²) >= 11 is 4.82. The summed E-state index contributed by atoms with van der Waals surface area (Å²) in [5.74, 6) is -0.566. The topological polar surface area (TPSA) is 86.1 Å². The number of hydrogen-bond donors (Lipinski definition) is 3. The molecule has 0 unspecified atom stereocenters. The predicted molar refractivity (Wildman–Crippen MR) is 95.6 cm³/mol. The van der Waals surface area contributed by atoms with Crippen LogP contribution in [-0.4, -0.2) is 16.1 Å². The third kappa shape index (κ3) is 4.47. The number of carbonyl (C=O) groups excluding carboxylic acids is 1. The molecule has 0 aromatic heterocycles. The molecule has 3 N–H and O–H groups in total. The Morgan fingerprint density at radius 1 is 1.04 bits per heavy atom. The summed E-state index contributed by atoms with van der Waals surface area (Å²) < 4.78 is 38.2. The first kappa shape index (κ1) is 18.5. The number of carbonyl (C=O) groups is 1. The first-order valence-electron chi connectivity index (χ1n) is 7.48. The Morgan fingerprint density at radius 2 is 1.74 bits per heavy atom. The Bertz CT molecular complexity index is 986. The first-order chi connectivity index (χ1) is 12.7. The number of aromatic hydroxyl groups is 1. The van der Waals surface area contributed by atoms with E-state index in [1.807, 2.05) is 0 Å². The molecular weight excluding hydrogens is 381 g/mol. The number of nitrogens with zero attached hydrogens (tertiary/aromatic N) is 2. The molecule has 1 aliphatic heterocycles. The first-order valence-corrected chi connectivity index (χ1v) is 7.89. The Balaban J connectivity index is 1.87. The largest absolute Gasteiger partial charge is 0.507 e. The van der Waals surface area contributed by atoms with E-state index >= 15 is 0 Å². The molecule has 0 aliphatic carbocycles. The summed E-state index contributed by atoms with van der Waals surface area (Å²) in [6.07, 6.45) is -3.11. The van der Waals surface area contributed by atoms with Crippen LogP contribution in [0.1, 0.15) is 11.1 Å². The van der Waals surface area contributed by atoms with Crippen LogP contribution in [0.5, 0.6) is 5.75 Å². The van der Waals surface area contributed by atoms with Crippen LogP contribution in [0.4, 0.5) is 24.5 Å². The summed E-state index contributed by atoms with van der Waals surface area (Å²) in [6, 6.07) is 8.62. The lowest BCUT2D eigenvalue weighted by Gasteiger charge is -2.06. The van der Waals surface area contributed by atoms with Crippen molar-refractivity contribution in [3.63, 3.8) is 0 Å². The van der Waals surface area contributed by atoms with Gasteiger partial charge in [0.1, 0.15) is 11.4 Å². The number of azo groups is 1. The van der Waals surface area contributed by atoms with E-state index < -0.39 is 17.6 Å². The van der Waals surface area contributed by atoms with Crippen LogP contribution < -0.4 is 10.6 Å². The Kier molecular flexibility index (Phi) is 4.91. The molecule has 10 heteroatoms. The zero-order chi connectivity index (χ0) is 19.6. The van der Waals surface area contributed by atoms with Crippen molar-refractivity contribution >= 4 is 40.7 Å². The second-order valence-electron chi connectivity index (χ2n) is 5.46. The highest BCUT2D eigenvalue weighted by atomic mass is 32.1. The van der Waals surface area contributed by atoms with Gasteiger partial charge in [-0.2, -0.15) is 23.4 Å². The third-order valence-electron chi connectivity index (χ3n) is 3.49. The van der Waals surface area contributed by atoms with E-state index in [4.69, 9.17) is 12.2 Å². The normalized spacial score (nSPS) is 16.0. The fraction of sp³-hybridized carbons (Fsp3) is 0.0588. The fourth-order valence-electron chi connectivity index (χ4n) is 2.22. The Morgan fingerprint density at radius 3 is 2.37 bits per heavy atom. The highest BCUT2D eigenvalue weighted by molar-refractivity contribution is 7.80. The summed E-state index contributed by atoms with van der Waals surface area (Å²) in [4.78, 5) is 11.7. The second-order valence-corrected chi connectivity index (χ2v) is 5.87. The van der Waals surface area contributed by atoms with Crippen molar-refractivity contribution in [2.45, 2.75) is 6.18 Å². The van der Waals surface area contributed by atoms with Crippen LogP contribution in [0.25, 0.3) is 6.08 Å². The highest BCUT2D eigenvalue weighted by Gasteiger charge is 2.30. The minimum atomic E-state index is -4.47. The maximum absolute atomic E-state index is 12.7. The van der Waals surface area contributed by atoms with Crippen molar-refractivity contribution in [3.05, 3.63) is 59.3 Å². The van der Waals surface area contributed by atoms with Crippen LogP contribution in [0.3, 0.4) is 0 Å². The number of thiocarbonyl (C=S) groups is 1. The van der Waals surface area contributed by atoms with Crippen LogP contribution in [0.2, 0.25) is 0 Å². The van der Waals surface area contributed by atoms with Crippen molar-refractivity contribution in [2.24, 2.45) is 10.2 Å². The molecule has 2 aromatic carbocycles. The van der Waals surface area contributed by atoms with Gasteiger partial charge in [0.05, 0.1) is 16.9 Å². The van der Waals surface area contributed by atoms with E-state index in [9.17, 15) is 23.1 Å². The highest BCUT2D eigenvalue weighted by Crippen LogP contribution is 2.32. The maximum Gasteiger partial charge on any atom is 0.416 e. The molecule has 3 rings (SSSR count). The number of benzene rings is 2. The quantitative estimate of drug-likeness (QED) is 0.416. The molecule has 1 fully saturated rings. The van der Waals surface area contributed by atoms with Gasteiger partial charge < -0.3 is 10.4 Å². The maximum atomic E-state index is 12.7. The molecule has 1 heterocycles. The molecule has 138 valence electrons. The lowest BCUT2D eigenvalue weighted by Crippen LogP contribution is -2.21. The van der Waals surface area contributed by atoms with E-state index in [2.05, 4.69) is 20.9 Å². The molecule has 1 amide bonds. The Labute approximate surface area is 156 Å². The van der Waals surface area contributed by atoms with Crippen LogP contribution in [0, 0.1) is 0 Å². The van der Waals surface area contributed by atoms with E-state index in [0.29, 0.717) is 0 Å². The molecule has 0 atom stereocenters. The number of halogens is 3. The number of phenols is 1. The van der Waals surface area contributed by atoms with Gasteiger partial charge in [-0.05, 0) is 54.7 Å². The lowest BCUT2D eigenvalue weighted by atomic mass is 10.1. The zero-order valence-corrected chi connectivity index (χ0v) is 14.2.